The predicted octanol–water partition coefficient (Wildman–Crippen LogP) is 5.22. The Morgan fingerprint density at radius 1 is 1.03 bits per heavy atom. The minimum Gasteiger partial charge on any atom is -0.490 e. The van der Waals surface area contributed by atoms with E-state index < -0.39 is 11.9 Å². The van der Waals surface area contributed by atoms with Crippen LogP contribution in [0.4, 0.5) is 0 Å². The maximum absolute atomic E-state index is 12.1. The molecule has 3 aromatic carbocycles. The van der Waals surface area contributed by atoms with Crippen molar-refractivity contribution in [3.05, 3.63) is 77.4 Å². The molecular weight excluding hydrogens is 499 g/mol. The van der Waals surface area contributed by atoms with Gasteiger partial charge in [0.1, 0.15) is 17.7 Å². The molecule has 1 aliphatic rings. The van der Waals surface area contributed by atoms with Crippen molar-refractivity contribution in [3.63, 3.8) is 0 Å². The Balaban J connectivity index is 0.00000228. The minimum absolute atomic E-state index is 0. The number of carboxylic acids is 1. The predicted molar refractivity (Wildman–Crippen MR) is 149 cm³/mol. The number of rotatable bonds is 7. The molecule has 0 aliphatic carbocycles. The number of nitrogens with two attached hydrogens (primary N) is 1. The molecule has 1 aliphatic heterocycles. The zero-order valence-corrected chi connectivity index (χ0v) is 21.7. The topological polar surface area (TPSA) is 123 Å². The SMILES string of the molecule is CC(=N)N1CCC(Oc2ccc(C(Cc3ccc4ccc(C(=N)N)cc4c3)C(=O)O)cc2)CC1.Cl.Cl. The monoisotopic (exact) mass is 530 g/mol. The van der Waals surface area contributed by atoms with Gasteiger partial charge in [0.05, 0.1) is 11.8 Å². The van der Waals surface area contributed by atoms with E-state index in [2.05, 4.69) is 0 Å². The molecule has 3 aromatic rings. The first-order chi connectivity index (χ1) is 16.3. The van der Waals surface area contributed by atoms with Gasteiger partial charge in [-0.1, -0.05) is 42.5 Å². The molecule has 0 radical (unpaired) electrons. The summed E-state index contributed by atoms with van der Waals surface area (Å²) in [5.41, 5.74) is 7.90. The van der Waals surface area contributed by atoms with Crippen molar-refractivity contribution >= 4 is 53.2 Å². The number of fused-ring (bicyclic) bond motifs is 1. The van der Waals surface area contributed by atoms with Gasteiger partial charge in [-0.25, -0.2) is 0 Å². The molecule has 4 rings (SSSR count). The van der Waals surface area contributed by atoms with Gasteiger partial charge in [-0.3, -0.25) is 15.6 Å². The lowest BCUT2D eigenvalue weighted by Gasteiger charge is -2.32. The number of nitrogen functional groups attached to an aromatic ring is 1. The lowest BCUT2D eigenvalue weighted by atomic mass is 9.91. The fourth-order valence-electron chi connectivity index (χ4n) is 4.45. The van der Waals surface area contributed by atoms with Gasteiger partial charge < -0.3 is 20.5 Å². The number of benzene rings is 3. The van der Waals surface area contributed by atoms with Crippen molar-refractivity contribution in [1.29, 1.82) is 10.8 Å². The zero-order valence-electron chi connectivity index (χ0n) is 20.1. The van der Waals surface area contributed by atoms with E-state index in [1.807, 2.05) is 65.6 Å². The first-order valence-corrected chi connectivity index (χ1v) is 11.5. The van der Waals surface area contributed by atoms with Gasteiger partial charge in [0.15, 0.2) is 0 Å². The van der Waals surface area contributed by atoms with Crippen LogP contribution in [0.2, 0.25) is 0 Å². The molecule has 1 saturated heterocycles. The third-order valence-corrected chi connectivity index (χ3v) is 6.46. The van der Waals surface area contributed by atoms with E-state index in [1.165, 1.54) is 0 Å². The average Bonchev–Trinajstić information content (AvgIpc) is 2.83. The summed E-state index contributed by atoms with van der Waals surface area (Å²) >= 11 is 0. The summed E-state index contributed by atoms with van der Waals surface area (Å²) < 4.78 is 6.10. The second-order valence-corrected chi connectivity index (χ2v) is 8.86. The summed E-state index contributed by atoms with van der Waals surface area (Å²) in [5, 5.41) is 27.3. The highest BCUT2D eigenvalue weighted by Crippen LogP contribution is 2.27. The Bertz CT molecular complexity index is 1230. The number of nitrogens with one attached hydrogen (secondary N) is 2. The van der Waals surface area contributed by atoms with Crippen LogP contribution in [-0.4, -0.2) is 46.8 Å². The first-order valence-electron chi connectivity index (χ1n) is 11.5. The number of hydrogen-bond donors (Lipinski definition) is 4. The average molecular weight is 531 g/mol. The molecule has 192 valence electrons. The minimum atomic E-state index is -0.874. The fourth-order valence-corrected chi connectivity index (χ4v) is 4.45. The third-order valence-electron chi connectivity index (χ3n) is 6.46. The molecule has 0 bridgehead atoms. The van der Waals surface area contributed by atoms with Crippen LogP contribution in [-0.2, 0) is 11.2 Å². The number of carboxylic acid groups (broad SMARTS) is 1. The molecule has 0 amide bonds. The normalized spacial score (nSPS) is 14.3. The Labute approximate surface area is 223 Å². The molecule has 1 atom stereocenters. The standard InChI is InChI=1S/C27H30N4O3.2ClH/c1-17(28)31-12-10-24(11-13-31)34-23-8-6-20(7-9-23)25(27(32)33)15-18-2-3-19-4-5-21(26(29)30)16-22(19)14-18;;/h2-9,14,16,24-25,28H,10-13,15H2,1H3,(H3,29,30)(H,32,33);2*1H. The lowest BCUT2D eigenvalue weighted by Crippen LogP contribution is -2.40. The Morgan fingerprint density at radius 3 is 2.25 bits per heavy atom. The van der Waals surface area contributed by atoms with Gasteiger partial charge in [-0.05, 0) is 53.4 Å². The van der Waals surface area contributed by atoms with E-state index in [0.29, 0.717) is 17.8 Å². The van der Waals surface area contributed by atoms with Gasteiger partial charge in [-0.2, -0.15) is 0 Å². The number of piperidine rings is 1. The number of likely N-dealkylation sites (tertiary alicyclic amines) is 1. The van der Waals surface area contributed by atoms with Crippen molar-refractivity contribution in [2.75, 3.05) is 13.1 Å². The molecule has 0 spiro atoms. The van der Waals surface area contributed by atoms with Crippen molar-refractivity contribution in [2.45, 2.75) is 38.2 Å². The molecule has 5 N–H and O–H groups in total. The highest BCUT2D eigenvalue weighted by molar-refractivity contribution is 5.99. The van der Waals surface area contributed by atoms with Gasteiger partial charge in [0, 0.05) is 31.5 Å². The lowest BCUT2D eigenvalue weighted by molar-refractivity contribution is -0.138. The van der Waals surface area contributed by atoms with Gasteiger partial charge >= 0.3 is 5.97 Å². The van der Waals surface area contributed by atoms with Crippen LogP contribution in [0.1, 0.15) is 42.4 Å². The zero-order chi connectivity index (χ0) is 24.2. The van der Waals surface area contributed by atoms with Crippen LogP contribution < -0.4 is 10.5 Å². The maximum Gasteiger partial charge on any atom is 0.311 e. The van der Waals surface area contributed by atoms with Crippen LogP contribution in [0, 0.1) is 10.8 Å². The van der Waals surface area contributed by atoms with Crippen LogP contribution in [0.25, 0.3) is 10.8 Å². The Hall–Kier alpha value is -3.29. The van der Waals surface area contributed by atoms with E-state index in [1.54, 1.807) is 6.92 Å². The highest BCUT2D eigenvalue weighted by Gasteiger charge is 2.23. The molecule has 1 heterocycles. The number of aliphatic carboxylic acids is 1. The molecule has 1 fully saturated rings. The highest BCUT2D eigenvalue weighted by atomic mass is 35.5. The molecule has 7 nitrogen and oxygen atoms in total. The van der Waals surface area contributed by atoms with E-state index in [-0.39, 0.29) is 36.8 Å². The summed E-state index contributed by atoms with van der Waals surface area (Å²) in [7, 11) is 0. The smallest absolute Gasteiger partial charge is 0.311 e. The maximum atomic E-state index is 12.1. The van der Waals surface area contributed by atoms with Crippen LogP contribution in [0.15, 0.2) is 60.7 Å². The summed E-state index contributed by atoms with van der Waals surface area (Å²) in [5.74, 6) is -0.219. The van der Waals surface area contributed by atoms with Crippen molar-refractivity contribution < 1.29 is 14.6 Å². The van der Waals surface area contributed by atoms with Crippen molar-refractivity contribution in [2.24, 2.45) is 5.73 Å². The Kier molecular flexibility index (Phi) is 10.1. The van der Waals surface area contributed by atoms with E-state index in [4.69, 9.17) is 21.3 Å². The molecule has 36 heavy (non-hydrogen) atoms. The van der Waals surface area contributed by atoms with Gasteiger partial charge in [0.25, 0.3) is 0 Å². The number of carbonyl (C=O) groups is 1. The molecule has 0 saturated carbocycles. The number of halogens is 2. The van der Waals surface area contributed by atoms with Crippen molar-refractivity contribution in [1.82, 2.24) is 4.90 Å². The summed E-state index contributed by atoms with van der Waals surface area (Å²) in [6.45, 7) is 3.44. The third kappa shape index (κ3) is 6.89. The summed E-state index contributed by atoms with van der Waals surface area (Å²) in [6, 6.07) is 18.8. The molecule has 1 unspecified atom stereocenters. The Morgan fingerprint density at radius 2 is 1.67 bits per heavy atom. The van der Waals surface area contributed by atoms with E-state index in [0.717, 1.165) is 53.6 Å². The quantitative estimate of drug-likeness (QED) is 0.246. The van der Waals surface area contributed by atoms with Crippen LogP contribution >= 0.6 is 24.8 Å². The van der Waals surface area contributed by atoms with Gasteiger partial charge in [-0.15, -0.1) is 24.8 Å². The van der Waals surface area contributed by atoms with Crippen LogP contribution in [0.5, 0.6) is 5.75 Å². The van der Waals surface area contributed by atoms with Crippen molar-refractivity contribution in [3.8, 4) is 5.75 Å². The second kappa shape index (κ2) is 12.6. The molecule has 0 aromatic heterocycles. The number of ether oxygens (including phenoxy) is 1. The second-order valence-electron chi connectivity index (χ2n) is 8.86. The van der Waals surface area contributed by atoms with Gasteiger partial charge in [0.2, 0.25) is 0 Å². The first kappa shape index (κ1) is 28.9. The summed E-state index contributed by atoms with van der Waals surface area (Å²) in [4.78, 5) is 14.2. The van der Waals surface area contributed by atoms with Crippen LogP contribution in [0.3, 0.4) is 0 Å². The summed E-state index contributed by atoms with van der Waals surface area (Å²) in [6.07, 6.45) is 2.19. The molecule has 9 heteroatoms. The van der Waals surface area contributed by atoms with E-state index >= 15 is 0 Å². The number of hydrogen-bond acceptors (Lipinski definition) is 4. The molecular formula is C27H32Cl2N4O3. The fraction of sp³-hybridized carbons (Fsp3) is 0.296. The number of nitrogens with zero attached hydrogens (tertiary/aromatic N) is 1. The van der Waals surface area contributed by atoms with E-state index in [9.17, 15) is 9.90 Å². The number of amidine groups is 2. The largest absolute Gasteiger partial charge is 0.490 e.